The second-order valence-corrected chi connectivity index (χ2v) is 8.49. The van der Waals surface area contributed by atoms with E-state index in [0.717, 1.165) is 32.1 Å². The summed E-state index contributed by atoms with van der Waals surface area (Å²) in [6.07, 6.45) is 5.81. The lowest BCUT2D eigenvalue weighted by Crippen LogP contribution is -2.53. The number of carbonyl (C=O) groups is 4. The third-order valence-electron chi connectivity index (χ3n) is 6.65. The number of amides is 5. The molecule has 5 amide bonds. The molecule has 0 bridgehead atoms. The van der Waals surface area contributed by atoms with E-state index >= 15 is 0 Å². The number of urea groups is 1. The summed E-state index contributed by atoms with van der Waals surface area (Å²) < 4.78 is 5.46. The first-order valence-electron chi connectivity index (χ1n) is 10.8. The van der Waals surface area contributed by atoms with Gasteiger partial charge in [-0.3, -0.25) is 19.3 Å². The molecule has 3 heterocycles. The second kappa shape index (κ2) is 8.30. The lowest BCUT2D eigenvalue weighted by molar-refractivity contribution is -0.146. The Hall–Kier alpha value is -2.16. The van der Waals surface area contributed by atoms with Crippen molar-refractivity contribution in [1.82, 2.24) is 20.0 Å². The maximum Gasteiger partial charge on any atom is 0.325 e. The largest absolute Gasteiger partial charge is 0.368 e. The van der Waals surface area contributed by atoms with Gasteiger partial charge in [0.05, 0.1) is 0 Å². The van der Waals surface area contributed by atoms with Crippen LogP contribution in [-0.2, 0) is 19.1 Å². The Bertz CT molecular complexity index is 676. The monoisotopic (exact) mass is 406 g/mol. The van der Waals surface area contributed by atoms with Crippen LogP contribution in [0.5, 0.6) is 0 Å². The molecule has 0 radical (unpaired) electrons. The Morgan fingerprint density at radius 1 is 1.00 bits per heavy atom. The van der Waals surface area contributed by atoms with Crippen LogP contribution in [0.1, 0.15) is 51.4 Å². The van der Waals surface area contributed by atoms with E-state index in [1.807, 2.05) is 0 Å². The van der Waals surface area contributed by atoms with Crippen molar-refractivity contribution in [3.05, 3.63) is 0 Å². The molecule has 0 aromatic heterocycles. The lowest BCUT2D eigenvalue weighted by atomic mass is 9.82. The van der Waals surface area contributed by atoms with Gasteiger partial charge in [-0.25, -0.2) is 4.79 Å². The van der Waals surface area contributed by atoms with Crippen molar-refractivity contribution in [3.8, 4) is 0 Å². The van der Waals surface area contributed by atoms with Crippen molar-refractivity contribution in [2.45, 2.75) is 63.0 Å². The van der Waals surface area contributed by atoms with Crippen molar-refractivity contribution in [3.63, 3.8) is 0 Å². The number of carbonyl (C=O) groups excluding carboxylic acids is 4. The Kier molecular flexibility index (Phi) is 5.76. The van der Waals surface area contributed by atoms with Crippen molar-refractivity contribution >= 4 is 23.8 Å². The summed E-state index contributed by atoms with van der Waals surface area (Å²) in [5.41, 5.74) is -0.743. The van der Waals surface area contributed by atoms with Gasteiger partial charge in [0.1, 0.15) is 11.6 Å². The minimum Gasteiger partial charge on any atom is -0.368 e. The predicted molar refractivity (Wildman–Crippen MR) is 103 cm³/mol. The highest BCUT2D eigenvalue weighted by Gasteiger charge is 2.51. The lowest BCUT2D eigenvalue weighted by Gasteiger charge is -2.36. The molecule has 4 fully saturated rings. The molecule has 3 aliphatic heterocycles. The molecule has 160 valence electrons. The standard InChI is InChI=1S/C20H30N4O5/c25-16(22-10-12-23(13-11-22)17(26)15-5-4-14-29-15)6-9-24-18(27)20(21-19(24)28)7-2-1-3-8-20/h15H,1-14H2,(H,21,28). The number of hydrogen-bond donors (Lipinski definition) is 1. The van der Waals surface area contributed by atoms with Crippen LogP contribution < -0.4 is 5.32 Å². The first-order valence-corrected chi connectivity index (χ1v) is 10.8. The normalized spacial score (nSPS) is 26.9. The van der Waals surface area contributed by atoms with E-state index in [1.54, 1.807) is 9.80 Å². The smallest absolute Gasteiger partial charge is 0.325 e. The molecule has 1 aliphatic carbocycles. The Balaban J connectivity index is 1.24. The van der Waals surface area contributed by atoms with Crippen molar-refractivity contribution in [2.75, 3.05) is 39.3 Å². The third kappa shape index (κ3) is 3.97. The summed E-state index contributed by atoms with van der Waals surface area (Å²) in [6, 6.07) is -0.378. The molecule has 3 saturated heterocycles. The molecule has 1 spiro atoms. The maximum atomic E-state index is 12.8. The average molecular weight is 406 g/mol. The Morgan fingerprint density at radius 2 is 1.69 bits per heavy atom. The molecule has 0 aromatic carbocycles. The van der Waals surface area contributed by atoms with Gasteiger partial charge in [-0.1, -0.05) is 19.3 Å². The van der Waals surface area contributed by atoms with Crippen LogP contribution in [0.25, 0.3) is 0 Å². The first kappa shape index (κ1) is 20.1. The summed E-state index contributed by atoms with van der Waals surface area (Å²) in [4.78, 5) is 54.8. The summed E-state index contributed by atoms with van der Waals surface area (Å²) in [5, 5.41) is 2.87. The highest BCUT2D eigenvalue weighted by molar-refractivity contribution is 6.07. The molecule has 9 nitrogen and oxygen atoms in total. The summed E-state index contributed by atoms with van der Waals surface area (Å²) in [6.45, 7) is 2.69. The van der Waals surface area contributed by atoms with E-state index in [0.29, 0.717) is 45.6 Å². The van der Waals surface area contributed by atoms with Crippen LogP contribution in [0.2, 0.25) is 0 Å². The predicted octanol–water partition coefficient (Wildman–Crippen LogP) is 0.481. The fourth-order valence-electron chi connectivity index (χ4n) is 4.89. The molecule has 0 aromatic rings. The first-order chi connectivity index (χ1) is 14.0. The van der Waals surface area contributed by atoms with E-state index < -0.39 is 5.54 Å². The number of imide groups is 1. The number of rotatable bonds is 4. The fourth-order valence-corrected chi connectivity index (χ4v) is 4.89. The van der Waals surface area contributed by atoms with Crippen LogP contribution >= 0.6 is 0 Å². The number of hydrogen-bond acceptors (Lipinski definition) is 5. The molecule has 9 heteroatoms. The van der Waals surface area contributed by atoms with Gasteiger partial charge in [0, 0.05) is 45.8 Å². The van der Waals surface area contributed by atoms with E-state index in [1.165, 1.54) is 4.90 Å². The van der Waals surface area contributed by atoms with Gasteiger partial charge in [-0.05, 0) is 25.7 Å². The van der Waals surface area contributed by atoms with Crippen LogP contribution in [0.15, 0.2) is 0 Å². The van der Waals surface area contributed by atoms with E-state index in [4.69, 9.17) is 4.74 Å². The molecule has 1 N–H and O–H groups in total. The summed E-state index contributed by atoms with van der Waals surface area (Å²) in [5.74, 6) is -0.242. The minimum absolute atomic E-state index is 0.0201. The highest BCUT2D eigenvalue weighted by atomic mass is 16.5. The quantitative estimate of drug-likeness (QED) is 0.685. The Morgan fingerprint density at radius 3 is 2.34 bits per heavy atom. The molecular formula is C20H30N4O5. The summed E-state index contributed by atoms with van der Waals surface area (Å²) >= 11 is 0. The van der Waals surface area contributed by atoms with Gasteiger partial charge in [0.2, 0.25) is 5.91 Å². The van der Waals surface area contributed by atoms with E-state index in [-0.39, 0.29) is 42.8 Å². The molecule has 4 aliphatic rings. The zero-order valence-corrected chi connectivity index (χ0v) is 16.9. The molecule has 1 unspecified atom stereocenters. The molecule has 1 atom stereocenters. The number of nitrogens with zero attached hydrogens (tertiary/aromatic N) is 3. The van der Waals surface area contributed by atoms with Gasteiger partial charge >= 0.3 is 6.03 Å². The molecule has 1 saturated carbocycles. The van der Waals surface area contributed by atoms with Crippen molar-refractivity contribution < 1.29 is 23.9 Å². The van der Waals surface area contributed by atoms with Gasteiger partial charge in [0.15, 0.2) is 0 Å². The van der Waals surface area contributed by atoms with Gasteiger partial charge in [-0.15, -0.1) is 0 Å². The topological polar surface area (TPSA) is 99.3 Å². The number of piperazine rings is 1. The highest BCUT2D eigenvalue weighted by Crippen LogP contribution is 2.33. The zero-order chi connectivity index (χ0) is 20.4. The number of ether oxygens (including phenoxy) is 1. The van der Waals surface area contributed by atoms with Gasteiger partial charge in [-0.2, -0.15) is 0 Å². The van der Waals surface area contributed by atoms with Gasteiger partial charge in [0.25, 0.3) is 11.8 Å². The zero-order valence-electron chi connectivity index (χ0n) is 16.9. The fraction of sp³-hybridized carbons (Fsp3) is 0.800. The average Bonchev–Trinajstić information content (AvgIpc) is 3.35. The van der Waals surface area contributed by atoms with Crippen LogP contribution in [-0.4, -0.2) is 89.4 Å². The Labute approximate surface area is 170 Å². The van der Waals surface area contributed by atoms with E-state index in [2.05, 4.69) is 5.32 Å². The second-order valence-electron chi connectivity index (χ2n) is 8.49. The van der Waals surface area contributed by atoms with Crippen LogP contribution in [0.3, 0.4) is 0 Å². The molecular weight excluding hydrogens is 376 g/mol. The third-order valence-corrected chi connectivity index (χ3v) is 6.65. The molecule has 29 heavy (non-hydrogen) atoms. The number of nitrogens with one attached hydrogen (secondary N) is 1. The van der Waals surface area contributed by atoms with Crippen LogP contribution in [0, 0.1) is 0 Å². The molecule has 4 rings (SSSR count). The van der Waals surface area contributed by atoms with Gasteiger partial charge < -0.3 is 19.9 Å². The van der Waals surface area contributed by atoms with Crippen molar-refractivity contribution in [1.29, 1.82) is 0 Å². The summed E-state index contributed by atoms with van der Waals surface area (Å²) in [7, 11) is 0. The van der Waals surface area contributed by atoms with Crippen LogP contribution in [0.4, 0.5) is 4.79 Å². The minimum atomic E-state index is -0.743. The maximum absolute atomic E-state index is 12.8. The van der Waals surface area contributed by atoms with E-state index in [9.17, 15) is 19.2 Å². The SMILES string of the molecule is O=C(CCN1C(=O)NC2(CCCCC2)C1=O)N1CCN(C(=O)C2CCCO2)CC1. The van der Waals surface area contributed by atoms with Crippen molar-refractivity contribution in [2.24, 2.45) is 0 Å².